The average molecular weight is 324 g/mol. The van der Waals surface area contributed by atoms with Gasteiger partial charge >= 0.3 is 6.18 Å². The fourth-order valence-corrected chi connectivity index (χ4v) is 2.61. The summed E-state index contributed by atoms with van der Waals surface area (Å²) in [6, 6.07) is 5.70. The van der Waals surface area contributed by atoms with Gasteiger partial charge in [-0.15, -0.1) is 12.4 Å². The maximum atomic E-state index is 12.8. The Morgan fingerprint density at radius 3 is 2.52 bits per heavy atom. The normalized spacial score (nSPS) is 23.1. The molecule has 0 aliphatic carbocycles. The zero-order chi connectivity index (χ0) is 14.9. The van der Waals surface area contributed by atoms with Crippen LogP contribution in [0.25, 0.3) is 0 Å². The summed E-state index contributed by atoms with van der Waals surface area (Å²) in [5, 5.41) is 0. The highest BCUT2D eigenvalue weighted by Gasteiger charge is 2.32. The van der Waals surface area contributed by atoms with Gasteiger partial charge in [0.2, 0.25) is 0 Å². The van der Waals surface area contributed by atoms with Crippen molar-refractivity contribution in [2.45, 2.75) is 24.7 Å². The van der Waals surface area contributed by atoms with Crippen molar-refractivity contribution in [1.82, 2.24) is 4.90 Å². The van der Waals surface area contributed by atoms with E-state index < -0.39 is 11.7 Å². The number of halogens is 4. The number of nitrogens with two attached hydrogens (primary N) is 1. The molecule has 1 fully saturated rings. The number of nitrogens with zero attached hydrogens (tertiary/aromatic N) is 2. The number of rotatable bonds is 2. The van der Waals surface area contributed by atoms with Gasteiger partial charge in [0.05, 0.1) is 5.56 Å². The molecule has 1 saturated heterocycles. The lowest BCUT2D eigenvalue weighted by Gasteiger charge is -2.41. The predicted octanol–water partition coefficient (Wildman–Crippen LogP) is 2.59. The number of hydrogen-bond acceptors (Lipinski definition) is 3. The van der Waals surface area contributed by atoms with E-state index >= 15 is 0 Å². The molecule has 3 nitrogen and oxygen atoms in total. The summed E-state index contributed by atoms with van der Waals surface area (Å²) in [6.07, 6.45) is -3.53. The number of benzene rings is 1. The smallest absolute Gasteiger partial charge is 0.370 e. The molecule has 120 valence electrons. The third-order valence-corrected chi connectivity index (χ3v) is 3.84. The molecule has 2 atom stereocenters. The van der Waals surface area contributed by atoms with Crippen LogP contribution in [0.2, 0.25) is 0 Å². The molecule has 21 heavy (non-hydrogen) atoms. The number of hydrogen-bond donors (Lipinski definition) is 1. The van der Waals surface area contributed by atoms with Crippen LogP contribution in [0, 0.1) is 0 Å². The van der Waals surface area contributed by atoms with Crippen LogP contribution in [0.3, 0.4) is 0 Å². The summed E-state index contributed by atoms with van der Waals surface area (Å²) >= 11 is 0. The highest BCUT2D eigenvalue weighted by Crippen LogP contribution is 2.32. The Morgan fingerprint density at radius 2 is 1.95 bits per heavy atom. The molecule has 0 amide bonds. The van der Waals surface area contributed by atoms with Gasteiger partial charge in [-0.3, -0.25) is 0 Å². The van der Waals surface area contributed by atoms with Crippen molar-refractivity contribution in [3.05, 3.63) is 29.8 Å². The Hall–Kier alpha value is -0.980. The molecule has 1 heterocycles. The van der Waals surface area contributed by atoms with Crippen LogP contribution in [-0.2, 0) is 6.18 Å². The first kappa shape index (κ1) is 18.1. The monoisotopic (exact) mass is 323 g/mol. The van der Waals surface area contributed by atoms with Gasteiger partial charge in [-0.25, -0.2) is 0 Å². The second-order valence-corrected chi connectivity index (χ2v) is 5.48. The molecule has 0 spiro atoms. The maximum absolute atomic E-state index is 12.8. The Morgan fingerprint density at radius 1 is 1.29 bits per heavy atom. The third-order valence-electron chi connectivity index (χ3n) is 3.84. The average Bonchev–Trinajstić information content (AvgIpc) is 2.38. The zero-order valence-electron chi connectivity index (χ0n) is 12.1. The van der Waals surface area contributed by atoms with Crippen molar-refractivity contribution in [1.29, 1.82) is 0 Å². The lowest BCUT2D eigenvalue weighted by Crippen LogP contribution is -2.56. The van der Waals surface area contributed by atoms with Crippen LogP contribution in [0.1, 0.15) is 12.0 Å². The molecule has 0 radical (unpaired) electrons. The van der Waals surface area contributed by atoms with E-state index in [1.807, 2.05) is 23.9 Å². The van der Waals surface area contributed by atoms with E-state index in [1.165, 1.54) is 12.1 Å². The van der Waals surface area contributed by atoms with Crippen LogP contribution in [0.4, 0.5) is 18.9 Å². The van der Waals surface area contributed by atoms with Gasteiger partial charge in [-0.05, 0) is 38.7 Å². The molecule has 1 aliphatic rings. The first-order valence-corrected chi connectivity index (χ1v) is 6.63. The van der Waals surface area contributed by atoms with Gasteiger partial charge in [0.1, 0.15) is 0 Å². The molecule has 7 heteroatoms. The summed E-state index contributed by atoms with van der Waals surface area (Å²) in [5.41, 5.74) is 6.08. The standard InChI is InChI=1S/C14H20F3N3.ClH/c1-19(2)13-9-20(7-6-12(13)18)11-5-3-4-10(8-11)14(15,16)17;/h3-5,8,12-13H,6-7,9,18H2,1-2H3;1H. The van der Waals surface area contributed by atoms with E-state index in [9.17, 15) is 13.2 Å². The molecule has 1 aliphatic heterocycles. The molecule has 0 aromatic heterocycles. The fraction of sp³-hybridized carbons (Fsp3) is 0.571. The van der Waals surface area contributed by atoms with Gasteiger partial charge < -0.3 is 15.5 Å². The van der Waals surface area contributed by atoms with Crippen LogP contribution in [0.15, 0.2) is 24.3 Å². The van der Waals surface area contributed by atoms with E-state index in [2.05, 4.69) is 0 Å². The maximum Gasteiger partial charge on any atom is 0.416 e. The van der Waals surface area contributed by atoms with E-state index in [0.717, 1.165) is 12.5 Å². The summed E-state index contributed by atoms with van der Waals surface area (Å²) in [7, 11) is 3.89. The molecule has 2 unspecified atom stereocenters. The van der Waals surface area contributed by atoms with Gasteiger partial charge in [0, 0.05) is 30.9 Å². The SMILES string of the molecule is CN(C)C1CN(c2cccc(C(F)(F)F)c2)CCC1N.Cl. The van der Waals surface area contributed by atoms with Crippen molar-refractivity contribution >= 4 is 18.1 Å². The Labute approximate surface area is 129 Å². The minimum atomic E-state index is -4.30. The van der Waals surface area contributed by atoms with E-state index in [4.69, 9.17) is 5.73 Å². The lowest BCUT2D eigenvalue weighted by molar-refractivity contribution is -0.137. The Kier molecular flexibility index (Phi) is 5.90. The largest absolute Gasteiger partial charge is 0.416 e. The second kappa shape index (κ2) is 6.85. The molecule has 0 saturated carbocycles. The predicted molar refractivity (Wildman–Crippen MR) is 81.0 cm³/mol. The number of anilines is 1. The fourth-order valence-electron chi connectivity index (χ4n) is 2.61. The van der Waals surface area contributed by atoms with Crippen LogP contribution < -0.4 is 10.6 Å². The topological polar surface area (TPSA) is 32.5 Å². The Balaban J connectivity index is 0.00000220. The highest BCUT2D eigenvalue weighted by atomic mass is 35.5. The van der Waals surface area contributed by atoms with Crippen molar-refractivity contribution < 1.29 is 13.2 Å². The minimum Gasteiger partial charge on any atom is -0.370 e. The van der Waals surface area contributed by atoms with Gasteiger partial charge in [0.15, 0.2) is 0 Å². The number of piperidine rings is 1. The van der Waals surface area contributed by atoms with Crippen molar-refractivity contribution in [3.63, 3.8) is 0 Å². The van der Waals surface area contributed by atoms with Crippen LogP contribution in [-0.4, -0.2) is 44.2 Å². The molecular formula is C14H21ClF3N3. The number of alkyl halides is 3. The molecule has 2 N–H and O–H groups in total. The van der Waals surface area contributed by atoms with Crippen LogP contribution >= 0.6 is 12.4 Å². The molecule has 0 bridgehead atoms. The summed E-state index contributed by atoms with van der Waals surface area (Å²) in [6.45, 7) is 1.34. The van der Waals surface area contributed by atoms with Gasteiger partial charge in [-0.2, -0.15) is 13.2 Å². The highest BCUT2D eigenvalue weighted by molar-refractivity contribution is 5.85. The van der Waals surface area contributed by atoms with Crippen LogP contribution in [0.5, 0.6) is 0 Å². The van der Waals surface area contributed by atoms with Crippen molar-refractivity contribution in [3.8, 4) is 0 Å². The van der Waals surface area contributed by atoms with Gasteiger partial charge in [0.25, 0.3) is 0 Å². The van der Waals surface area contributed by atoms with Crippen molar-refractivity contribution in [2.24, 2.45) is 5.73 Å². The summed E-state index contributed by atoms with van der Waals surface area (Å²) in [4.78, 5) is 4.01. The molecule has 2 rings (SSSR count). The summed E-state index contributed by atoms with van der Waals surface area (Å²) < 4.78 is 38.3. The van der Waals surface area contributed by atoms with E-state index in [1.54, 1.807) is 6.07 Å². The minimum absolute atomic E-state index is 0. The van der Waals surface area contributed by atoms with Gasteiger partial charge in [-0.1, -0.05) is 6.07 Å². The third kappa shape index (κ3) is 4.25. The second-order valence-electron chi connectivity index (χ2n) is 5.48. The molecule has 1 aromatic carbocycles. The summed E-state index contributed by atoms with van der Waals surface area (Å²) in [5.74, 6) is 0. The zero-order valence-corrected chi connectivity index (χ0v) is 12.9. The number of likely N-dealkylation sites (N-methyl/N-ethyl adjacent to an activating group) is 1. The molecule has 1 aromatic rings. The van der Waals surface area contributed by atoms with Crippen molar-refractivity contribution in [2.75, 3.05) is 32.1 Å². The lowest BCUT2D eigenvalue weighted by atomic mass is 9.98. The quantitative estimate of drug-likeness (QED) is 0.908. The molecular weight excluding hydrogens is 303 g/mol. The van der Waals surface area contributed by atoms with E-state index in [-0.39, 0.29) is 24.5 Å². The first-order valence-electron chi connectivity index (χ1n) is 6.63. The Bertz CT molecular complexity index is 465. The van der Waals surface area contributed by atoms with E-state index in [0.29, 0.717) is 18.8 Å². The first-order chi connectivity index (χ1) is 9.29.